The molecule has 0 radical (unpaired) electrons. The smallest absolute Gasteiger partial charge is 0.357 e. The SMILES string of the molecule is CC1(C)CCCC1c1nc(C(=O)O)c(N)s1. The fraction of sp³-hybridized carbons (Fsp3) is 0.636. The van der Waals surface area contributed by atoms with E-state index in [-0.39, 0.29) is 11.1 Å². The van der Waals surface area contributed by atoms with Crippen molar-refractivity contribution in [1.82, 2.24) is 4.98 Å². The molecule has 1 atom stereocenters. The first-order chi connectivity index (χ1) is 7.42. The number of carboxylic acids is 1. The third-order valence-corrected chi connectivity index (χ3v) is 4.43. The van der Waals surface area contributed by atoms with Crippen LogP contribution in [0, 0.1) is 5.41 Å². The van der Waals surface area contributed by atoms with Crippen LogP contribution in [-0.2, 0) is 0 Å². The number of hydrogen-bond donors (Lipinski definition) is 2. The Labute approximate surface area is 98.5 Å². The van der Waals surface area contributed by atoms with Crippen LogP contribution in [0.4, 0.5) is 5.00 Å². The summed E-state index contributed by atoms with van der Waals surface area (Å²) in [5.74, 6) is -0.677. The van der Waals surface area contributed by atoms with Gasteiger partial charge in [0.1, 0.15) is 5.00 Å². The summed E-state index contributed by atoms with van der Waals surface area (Å²) in [4.78, 5) is 15.1. The Balaban J connectivity index is 2.35. The van der Waals surface area contributed by atoms with Gasteiger partial charge in [-0.15, -0.1) is 11.3 Å². The quantitative estimate of drug-likeness (QED) is 0.833. The molecule has 0 amide bonds. The molecule has 1 unspecified atom stereocenters. The van der Waals surface area contributed by atoms with Crippen molar-refractivity contribution in [1.29, 1.82) is 0 Å². The Morgan fingerprint density at radius 1 is 1.62 bits per heavy atom. The van der Waals surface area contributed by atoms with E-state index in [2.05, 4.69) is 18.8 Å². The van der Waals surface area contributed by atoms with Gasteiger partial charge in [-0.05, 0) is 18.3 Å². The molecule has 1 fully saturated rings. The summed E-state index contributed by atoms with van der Waals surface area (Å²) < 4.78 is 0. The second-order valence-corrected chi connectivity index (χ2v) is 6.07. The number of nitrogens with two attached hydrogens (primary N) is 1. The molecule has 0 aliphatic heterocycles. The van der Waals surface area contributed by atoms with Crippen molar-refractivity contribution in [2.45, 2.75) is 39.0 Å². The summed E-state index contributed by atoms with van der Waals surface area (Å²) in [7, 11) is 0. The molecule has 1 aromatic heterocycles. The van der Waals surface area contributed by atoms with Gasteiger partial charge in [0, 0.05) is 5.92 Å². The van der Waals surface area contributed by atoms with Gasteiger partial charge < -0.3 is 10.8 Å². The number of thiazole rings is 1. The van der Waals surface area contributed by atoms with Crippen LogP contribution >= 0.6 is 11.3 Å². The molecule has 88 valence electrons. The molecule has 1 saturated carbocycles. The molecule has 4 nitrogen and oxygen atoms in total. The number of anilines is 1. The zero-order valence-electron chi connectivity index (χ0n) is 9.49. The van der Waals surface area contributed by atoms with Gasteiger partial charge in [0.15, 0.2) is 5.69 Å². The lowest BCUT2D eigenvalue weighted by atomic mass is 9.82. The molecule has 3 N–H and O–H groups in total. The first-order valence-corrected chi connectivity index (χ1v) is 6.23. The van der Waals surface area contributed by atoms with Gasteiger partial charge in [-0.25, -0.2) is 9.78 Å². The zero-order valence-corrected chi connectivity index (χ0v) is 10.3. The number of nitrogens with zero attached hydrogens (tertiary/aromatic N) is 1. The predicted molar refractivity (Wildman–Crippen MR) is 63.9 cm³/mol. The lowest BCUT2D eigenvalue weighted by Gasteiger charge is -2.24. The van der Waals surface area contributed by atoms with E-state index in [9.17, 15) is 4.79 Å². The van der Waals surface area contributed by atoms with Gasteiger partial charge in [0.05, 0.1) is 5.01 Å². The largest absolute Gasteiger partial charge is 0.476 e. The van der Waals surface area contributed by atoms with E-state index < -0.39 is 5.97 Å². The Morgan fingerprint density at radius 3 is 2.75 bits per heavy atom. The summed E-state index contributed by atoms with van der Waals surface area (Å²) in [5, 5.41) is 10.1. The second-order valence-electron chi connectivity index (χ2n) is 5.00. The molecule has 1 aliphatic carbocycles. The minimum atomic E-state index is -1.03. The topological polar surface area (TPSA) is 76.2 Å². The molecule has 16 heavy (non-hydrogen) atoms. The van der Waals surface area contributed by atoms with Gasteiger partial charge in [0.25, 0.3) is 0 Å². The van der Waals surface area contributed by atoms with Crippen LogP contribution in [0.25, 0.3) is 0 Å². The van der Waals surface area contributed by atoms with Crippen molar-refractivity contribution in [3.8, 4) is 0 Å². The molecular formula is C11H16N2O2S. The molecule has 0 spiro atoms. The number of carbonyl (C=O) groups is 1. The molecule has 5 heteroatoms. The summed E-state index contributed by atoms with van der Waals surface area (Å²) in [5.41, 5.74) is 5.90. The van der Waals surface area contributed by atoms with Gasteiger partial charge in [-0.2, -0.15) is 0 Å². The average molecular weight is 240 g/mol. The Kier molecular flexibility index (Phi) is 2.66. The number of aromatic carboxylic acids is 1. The van der Waals surface area contributed by atoms with Crippen LogP contribution < -0.4 is 5.73 Å². The molecular weight excluding hydrogens is 224 g/mol. The van der Waals surface area contributed by atoms with E-state index in [0.717, 1.165) is 11.4 Å². The summed E-state index contributed by atoms with van der Waals surface area (Å²) >= 11 is 1.33. The minimum absolute atomic E-state index is 0.0164. The van der Waals surface area contributed by atoms with Gasteiger partial charge in [-0.1, -0.05) is 20.3 Å². The molecule has 1 aromatic rings. The fourth-order valence-corrected chi connectivity index (χ4v) is 3.61. The predicted octanol–water partition coefficient (Wildman–Crippen LogP) is 2.72. The Bertz CT molecular complexity index is 426. The van der Waals surface area contributed by atoms with Gasteiger partial charge in [-0.3, -0.25) is 0 Å². The van der Waals surface area contributed by atoms with Crippen LogP contribution in [0.15, 0.2) is 0 Å². The third-order valence-electron chi connectivity index (χ3n) is 3.43. The van der Waals surface area contributed by atoms with Crippen molar-refractivity contribution in [2.24, 2.45) is 5.41 Å². The maximum Gasteiger partial charge on any atom is 0.357 e. The molecule has 2 rings (SSSR count). The molecule has 0 aromatic carbocycles. The lowest BCUT2D eigenvalue weighted by molar-refractivity contribution is 0.0692. The first-order valence-electron chi connectivity index (χ1n) is 5.41. The van der Waals surface area contributed by atoms with E-state index in [1.807, 2.05) is 0 Å². The Hall–Kier alpha value is -1.10. The van der Waals surface area contributed by atoms with E-state index in [0.29, 0.717) is 10.9 Å². The standard InChI is InChI=1S/C11H16N2O2S/c1-11(2)5-3-4-6(11)9-13-7(10(14)15)8(12)16-9/h6H,3-5,12H2,1-2H3,(H,14,15). The van der Waals surface area contributed by atoms with Gasteiger partial charge >= 0.3 is 5.97 Å². The molecule has 0 saturated heterocycles. The molecule has 1 heterocycles. The van der Waals surface area contributed by atoms with Crippen molar-refractivity contribution >= 4 is 22.3 Å². The van der Waals surface area contributed by atoms with Crippen LogP contribution in [0.1, 0.15) is 54.5 Å². The monoisotopic (exact) mass is 240 g/mol. The number of carboxylic acid groups (broad SMARTS) is 1. The van der Waals surface area contributed by atoms with E-state index in [4.69, 9.17) is 10.8 Å². The third kappa shape index (κ3) is 1.80. The average Bonchev–Trinajstić information content (AvgIpc) is 2.68. The van der Waals surface area contributed by atoms with Crippen LogP contribution in [0.3, 0.4) is 0 Å². The lowest BCUT2D eigenvalue weighted by Crippen LogP contribution is -2.15. The highest BCUT2D eigenvalue weighted by atomic mass is 32.1. The zero-order chi connectivity index (χ0) is 11.9. The maximum absolute atomic E-state index is 10.9. The summed E-state index contributed by atoms with van der Waals surface area (Å²) in [6, 6.07) is 0. The maximum atomic E-state index is 10.9. The van der Waals surface area contributed by atoms with E-state index in [1.165, 1.54) is 24.2 Å². The fourth-order valence-electron chi connectivity index (χ4n) is 2.44. The van der Waals surface area contributed by atoms with Crippen molar-refractivity contribution in [3.05, 3.63) is 10.7 Å². The molecule has 0 bridgehead atoms. The number of nitrogen functional groups attached to an aromatic ring is 1. The highest BCUT2D eigenvalue weighted by molar-refractivity contribution is 7.16. The number of aromatic nitrogens is 1. The van der Waals surface area contributed by atoms with Crippen molar-refractivity contribution in [3.63, 3.8) is 0 Å². The highest BCUT2D eigenvalue weighted by Crippen LogP contribution is 2.50. The molecule has 1 aliphatic rings. The first kappa shape index (κ1) is 11.4. The highest BCUT2D eigenvalue weighted by Gasteiger charge is 2.38. The summed E-state index contributed by atoms with van der Waals surface area (Å²) in [6.45, 7) is 4.42. The van der Waals surface area contributed by atoms with E-state index >= 15 is 0 Å². The second kappa shape index (κ2) is 3.73. The van der Waals surface area contributed by atoms with Gasteiger partial charge in [0.2, 0.25) is 0 Å². The number of hydrogen-bond acceptors (Lipinski definition) is 4. The number of rotatable bonds is 2. The minimum Gasteiger partial charge on any atom is -0.476 e. The van der Waals surface area contributed by atoms with Crippen molar-refractivity contribution in [2.75, 3.05) is 5.73 Å². The van der Waals surface area contributed by atoms with Crippen LogP contribution in [0.5, 0.6) is 0 Å². The van der Waals surface area contributed by atoms with Crippen LogP contribution in [-0.4, -0.2) is 16.1 Å². The Morgan fingerprint density at radius 2 is 2.31 bits per heavy atom. The van der Waals surface area contributed by atoms with Crippen LogP contribution in [0.2, 0.25) is 0 Å². The normalized spacial score (nSPS) is 23.5. The van der Waals surface area contributed by atoms with E-state index in [1.54, 1.807) is 0 Å². The summed E-state index contributed by atoms with van der Waals surface area (Å²) in [6.07, 6.45) is 3.43. The van der Waals surface area contributed by atoms with Crippen molar-refractivity contribution < 1.29 is 9.90 Å².